The molecule has 0 radical (unpaired) electrons. The van der Waals surface area contributed by atoms with E-state index >= 15 is 0 Å². The summed E-state index contributed by atoms with van der Waals surface area (Å²) < 4.78 is 0. The van der Waals surface area contributed by atoms with E-state index < -0.39 is 0 Å². The molecule has 0 spiro atoms. The van der Waals surface area contributed by atoms with Crippen molar-refractivity contribution in [1.29, 1.82) is 0 Å². The maximum atomic E-state index is 5.15. The van der Waals surface area contributed by atoms with E-state index in [9.17, 15) is 0 Å². The third kappa shape index (κ3) is 2.23. The Kier molecular flexibility index (Phi) is 2.50. The normalized spacial score (nSPS) is 18.0. The van der Waals surface area contributed by atoms with Gasteiger partial charge >= 0.3 is 0 Å². The van der Waals surface area contributed by atoms with E-state index in [1.54, 1.807) is 0 Å². The summed E-state index contributed by atoms with van der Waals surface area (Å²) in [4.78, 5) is 6.20. The number of guanidine groups is 1. The summed E-state index contributed by atoms with van der Waals surface area (Å²) in [5.41, 5.74) is 10.3. The molecule has 0 amide bonds. The number of hydrogen-bond acceptors (Lipinski definition) is 2. The molecule has 58 valence electrons. The van der Waals surface area contributed by atoms with Crippen molar-refractivity contribution in [3.05, 3.63) is 0 Å². The van der Waals surface area contributed by atoms with Crippen LogP contribution in [0.5, 0.6) is 0 Å². The summed E-state index contributed by atoms with van der Waals surface area (Å²) in [6.07, 6.45) is 1.32. The highest BCUT2D eigenvalue weighted by molar-refractivity contribution is 5.75. The number of rotatable bonds is 3. The van der Waals surface area contributed by atoms with Crippen LogP contribution in [-0.2, 0) is 0 Å². The lowest BCUT2D eigenvalue weighted by Gasteiger charge is -2.29. The maximum absolute atomic E-state index is 5.15. The van der Waals surface area contributed by atoms with Crippen LogP contribution in [0.1, 0.15) is 6.42 Å². The molecular weight excluding hydrogens is 128 g/mol. The Morgan fingerprint density at radius 3 is 2.50 bits per heavy atom. The molecule has 1 aliphatic rings. The molecule has 0 unspecified atom stereocenters. The van der Waals surface area contributed by atoms with Crippen molar-refractivity contribution in [2.24, 2.45) is 16.5 Å². The number of aliphatic imine (C=N–C) groups is 1. The third-order valence-corrected chi connectivity index (χ3v) is 1.66. The van der Waals surface area contributed by atoms with Gasteiger partial charge in [0.2, 0.25) is 0 Å². The molecule has 4 heteroatoms. The molecule has 1 heterocycles. The average Bonchev–Trinajstić information content (AvgIpc) is 1.75. The highest BCUT2D eigenvalue weighted by Gasteiger charge is 2.11. The van der Waals surface area contributed by atoms with Gasteiger partial charge in [0.25, 0.3) is 0 Å². The average molecular weight is 142 g/mol. The van der Waals surface area contributed by atoms with Gasteiger partial charge in [-0.3, -0.25) is 4.99 Å². The quantitative estimate of drug-likeness (QED) is 0.391. The number of hydrogen-bond donors (Lipinski definition) is 2. The fourth-order valence-electron chi connectivity index (χ4n) is 0.926. The van der Waals surface area contributed by atoms with E-state index in [0.717, 1.165) is 13.1 Å². The second-order valence-electron chi connectivity index (χ2n) is 2.50. The molecular formula is C6H14N4. The molecule has 0 aromatic rings. The monoisotopic (exact) mass is 142 g/mol. The second-order valence-corrected chi connectivity index (χ2v) is 2.50. The van der Waals surface area contributed by atoms with Gasteiger partial charge in [-0.1, -0.05) is 0 Å². The molecule has 1 rings (SSSR count). The summed E-state index contributed by atoms with van der Waals surface area (Å²) in [7, 11) is 0. The lowest BCUT2D eigenvalue weighted by atomic mass is 10.2. The largest absolute Gasteiger partial charge is 0.370 e. The Bertz CT molecular complexity index is 124. The number of likely N-dealkylation sites (tertiary alicyclic amines) is 1. The first-order valence-corrected chi connectivity index (χ1v) is 3.57. The van der Waals surface area contributed by atoms with Gasteiger partial charge in [-0.2, -0.15) is 0 Å². The Hall–Kier alpha value is -0.770. The fraction of sp³-hybridized carbons (Fsp3) is 0.833. The molecule has 4 N–H and O–H groups in total. The SMILES string of the molecule is NC(N)=NCCN1CCC1. The summed E-state index contributed by atoms with van der Waals surface area (Å²) in [5, 5.41) is 0. The van der Waals surface area contributed by atoms with Gasteiger partial charge in [0.05, 0.1) is 6.54 Å². The van der Waals surface area contributed by atoms with Gasteiger partial charge in [0, 0.05) is 6.54 Å². The Morgan fingerprint density at radius 2 is 2.10 bits per heavy atom. The van der Waals surface area contributed by atoms with Crippen LogP contribution in [0, 0.1) is 0 Å². The van der Waals surface area contributed by atoms with Crippen molar-refractivity contribution in [1.82, 2.24) is 4.90 Å². The zero-order valence-corrected chi connectivity index (χ0v) is 6.08. The van der Waals surface area contributed by atoms with Gasteiger partial charge in [0.1, 0.15) is 0 Å². The molecule has 0 aromatic carbocycles. The molecule has 0 bridgehead atoms. The van der Waals surface area contributed by atoms with Crippen molar-refractivity contribution in [2.75, 3.05) is 26.2 Å². The zero-order chi connectivity index (χ0) is 7.40. The molecule has 0 aromatic heterocycles. The standard InChI is InChI=1S/C6H14N4/c7-6(8)9-2-5-10-3-1-4-10/h1-5H2,(H4,7,8,9). The molecule has 1 fully saturated rings. The van der Waals surface area contributed by atoms with Gasteiger partial charge in [-0.05, 0) is 19.5 Å². The highest BCUT2D eigenvalue weighted by Crippen LogP contribution is 2.03. The van der Waals surface area contributed by atoms with Crippen LogP contribution in [0.4, 0.5) is 0 Å². The van der Waals surface area contributed by atoms with Crippen molar-refractivity contribution >= 4 is 5.96 Å². The smallest absolute Gasteiger partial charge is 0.185 e. The molecule has 1 aliphatic heterocycles. The third-order valence-electron chi connectivity index (χ3n) is 1.66. The molecule has 10 heavy (non-hydrogen) atoms. The minimum absolute atomic E-state index is 0.195. The van der Waals surface area contributed by atoms with Crippen LogP contribution in [0.15, 0.2) is 4.99 Å². The van der Waals surface area contributed by atoms with E-state index in [1.807, 2.05) is 0 Å². The molecule has 0 atom stereocenters. The molecule has 0 saturated carbocycles. The Balaban J connectivity index is 1.99. The summed E-state index contributed by atoms with van der Waals surface area (Å²) in [5.74, 6) is 0.195. The summed E-state index contributed by atoms with van der Waals surface area (Å²) in [6, 6.07) is 0. The first-order chi connectivity index (χ1) is 4.79. The molecule has 4 nitrogen and oxygen atoms in total. The van der Waals surface area contributed by atoms with Gasteiger partial charge in [-0.25, -0.2) is 0 Å². The lowest BCUT2D eigenvalue weighted by Crippen LogP contribution is -2.39. The van der Waals surface area contributed by atoms with Crippen molar-refractivity contribution in [3.63, 3.8) is 0 Å². The van der Waals surface area contributed by atoms with E-state index in [4.69, 9.17) is 11.5 Å². The van der Waals surface area contributed by atoms with Crippen molar-refractivity contribution in [3.8, 4) is 0 Å². The van der Waals surface area contributed by atoms with Crippen LogP contribution in [0.2, 0.25) is 0 Å². The summed E-state index contributed by atoms with van der Waals surface area (Å²) >= 11 is 0. The first kappa shape index (κ1) is 7.34. The van der Waals surface area contributed by atoms with Crippen LogP contribution in [0.25, 0.3) is 0 Å². The minimum atomic E-state index is 0.195. The maximum Gasteiger partial charge on any atom is 0.185 e. The van der Waals surface area contributed by atoms with Crippen LogP contribution < -0.4 is 11.5 Å². The highest BCUT2D eigenvalue weighted by atomic mass is 15.2. The van der Waals surface area contributed by atoms with Crippen LogP contribution >= 0.6 is 0 Å². The van der Waals surface area contributed by atoms with E-state index in [-0.39, 0.29) is 5.96 Å². The topological polar surface area (TPSA) is 67.6 Å². The Labute approximate surface area is 60.9 Å². The van der Waals surface area contributed by atoms with E-state index in [1.165, 1.54) is 19.5 Å². The fourth-order valence-corrected chi connectivity index (χ4v) is 0.926. The van der Waals surface area contributed by atoms with E-state index in [2.05, 4.69) is 9.89 Å². The second kappa shape index (κ2) is 3.41. The van der Waals surface area contributed by atoms with Crippen molar-refractivity contribution < 1.29 is 0 Å². The number of nitrogens with zero attached hydrogens (tertiary/aromatic N) is 2. The predicted octanol–water partition coefficient (Wildman–Crippen LogP) is -1.03. The first-order valence-electron chi connectivity index (χ1n) is 3.57. The minimum Gasteiger partial charge on any atom is -0.370 e. The number of nitrogens with two attached hydrogens (primary N) is 2. The predicted molar refractivity (Wildman–Crippen MR) is 41.7 cm³/mol. The van der Waals surface area contributed by atoms with Gasteiger partial charge < -0.3 is 16.4 Å². The molecule has 0 aliphatic carbocycles. The van der Waals surface area contributed by atoms with Crippen LogP contribution in [-0.4, -0.2) is 37.0 Å². The van der Waals surface area contributed by atoms with Crippen molar-refractivity contribution in [2.45, 2.75) is 6.42 Å². The van der Waals surface area contributed by atoms with Gasteiger partial charge in [0.15, 0.2) is 5.96 Å². The molecule has 1 saturated heterocycles. The Morgan fingerprint density at radius 1 is 1.40 bits per heavy atom. The zero-order valence-electron chi connectivity index (χ0n) is 6.08. The van der Waals surface area contributed by atoms with Crippen LogP contribution in [0.3, 0.4) is 0 Å². The summed E-state index contributed by atoms with van der Waals surface area (Å²) in [6.45, 7) is 4.15. The van der Waals surface area contributed by atoms with E-state index in [0.29, 0.717) is 0 Å². The lowest BCUT2D eigenvalue weighted by molar-refractivity contribution is 0.187. The van der Waals surface area contributed by atoms with Gasteiger partial charge in [-0.15, -0.1) is 0 Å².